The molecule has 11 heteroatoms. The van der Waals surface area contributed by atoms with E-state index in [1.165, 1.54) is 47.0 Å². The number of aromatic nitrogens is 2. The zero-order valence-electron chi connectivity index (χ0n) is 22.6. The average molecular weight is 580 g/mol. The van der Waals surface area contributed by atoms with Crippen LogP contribution in [0.25, 0.3) is 5.69 Å². The maximum Gasteiger partial charge on any atom is 0.416 e. The van der Waals surface area contributed by atoms with Crippen molar-refractivity contribution in [3.63, 3.8) is 0 Å². The van der Waals surface area contributed by atoms with Gasteiger partial charge in [-0.2, -0.15) is 18.3 Å². The van der Waals surface area contributed by atoms with Gasteiger partial charge in [-0.15, -0.1) is 0 Å². The Morgan fingerprint density at radius 3 is 2.31 bits per heavy atom. The van der Waals surface area contributed by atoms with E-state index in [1.54, 1.807) is 37.3 Å². The van der Waals surface area contributed by atoms with E-state index in [2.05, 4.69) is 5.10 Å². The molecule has 42 heavy (non-hydrogen) atoms. The lowest BCUT2D eigenvalue weighted by Crippen LogP contribution is -2.47. The molecule has 5 rings (SSSR count). The number of anilines is 1. The fourth-order valence-electron chi connectivity index (χ4n) is 5.36. The number of esters is 1. The Balaban J connectivity index is 1.68. The molecule has 4 aromatic rings. The number of aryl methyl sites for hydroxylation is 1. The zero-order valence-corrected chi connectivity index (χ0v) is 22.6. The van der Waals surface area contributed by atoms with E-state index < -0.39 is 60.0 Å². The van der Waals surface area contributed by atoms with Gasteiger partial charge in [0.25, 0.3) is 0 Å². The number of nitrogens with zero attached hydrogens (tertiary/aromatic N) is 3. The molecule has 216 valence electrons. The number of rotatable bonds is 7. The first-order chi connectivity index (χ1) is 20.0. The Morgan fingerprint density at radius 2 is 1.67 bits per heavy atom. The van der Waals surface area contributed by atoms with Gasteiger partial charge in [-0.1, -0.05) is 42.5 Å². The minimum Gasteiger partial charge on any atom is -0.468 e. The van der Waals surface area contributed by atoms with Crippen LogP contribution in [0.1, 0.15) is 45.1 Å². The molecule has 0 spiro atoms. The predicted octanol–water partition coefficient (Wildman–Crippen LogP) is 5.88. The molecule has 0 radical (unpaired) electrons. The second-order valence-electron chi connectivity index (χ2n) is 9.91. The Bertz CT molecular complexity index is 1650. The summed E-state index contributed by atoms with van der Waals surface area (Å²) in [6, 6.07) is 18.3. The minimum atomic E-state index is -4.66. The molecule has 0 unspecified atom stereocenters. The number of hydrogen-bond donors (Lipinski definition) is 0. The third kappa shape index (κ3) is 5.41. The summed E-state index contributed by atoms with van der Waals surface area (Å²) in [7, 11) is 1.17. The Kier molecular flexibility index (Phi) is 7.68. The molecular formula is C31H25F4N3O4. The molecule has 1 aromatic heterocycles. The van der Waals surface area contributed by atoms with Crippen LogP contribution < -0.4 is 4.90 Å². The first-order valence-electron chi connectivity index (χ1n) is 13.0. The molecular weight excluding hydrogens is 554 g/mol. The fraction of sp³-hybridized carbons (Fsp3) is 0.226. The number of hydrogen-bond acceptors (Lipinski definition) is 5. The summed E-state index contributed by atoms with van der Waals surface area (Å²) >= 11 is 0. The summed E-state index contributed by atoms with van der Waals surface area (Å²) in [6.07, 6.45) is -5.14. The van der Waals surface area contributed by atoms with E-state index >= 15 is 0 Å². The van der Waals surface area contributed by atoms with Gasteiger partial charge in [-0.3, -0.25) is 19.3 Å². The van der Waals surface area contributed by atoms with Crippen molar-refractivity contribution in [3.05, 3.63) is 113 Å². The first kappa shape index (κ1) is 28.7. The SMILES string of the molecule is COC(=O)CN1C(=O)[C@@H](CC(=O)c2cccc(C(F)(F)F)c2)[C@@H](c2ccc(F)cc2)c2c(C)nn(-c3ccccc3)c21. The predicted molar refractivity (Wildman–Crippen MR) is 145 cm³/mol. The normalized spacial score (nSPS) is 16.7. The van der Waals surface area contributed by atoms with Gasteiger partial charge in [-0.05, 0) is 48.9 Å². The third-order valence-electron chi connectivity index (χ3n) is 7.30. The molecule has 1 aliphatic rings. The number of Topliss-reactive ketones (excluding diaryl/α,β-unsaturated/α-hetero) is 1. The molecule has 1 amide bonds. The lowest BCUT2D eigenvalue weighted by molar-refractivity contribution is -0.140. The van der Waals surface area contributed by atoms with Crippen molar-refractivity contribution in [1.29, 1.82) is 0 Å². The minimum absolute atomic E-state index is 0.211. The van der Waals surface area contributed by atoms with Crippen molar-refractivity contribution >= 4 is 23.5 Å². The number of alkyl halides is 3. The smallest absolute Gasteiger partial charge is 0.416 e. The Labute approximate surface area is 238 Å². The van der Waals surface area contributed by atoms with Gasteiger partial charge >= 0.3 is 12.1 Å². The second-order valence-corrected chi connectivity index (χ2v) is 9.91. The second kappa shape index (κ2) is 11.2. The van der Waals surface area contributed by atoms with Crippen molar-refractivity contribution in [1.82, 2.24) is 9.78 Å². The van der Waals surface area contributed by atoms with Crippen molar-refractivity contribution in [2.45, 2.75) is 25.4 Å². The van der Waals surface area contributed by atoms with E-state index in [0.717, 1.165) is 18.2 Å². The quantitative estimate of drug-likeness (QED) is 0.155. The summed E-state index contributed by atoms with van der Waals surface area (Å²) in [5, 5.41) is 4.67. The summed E-state index contributed by atoms with van der Waals surface area (Å²) in [6.45, 7) is 1.22. The van der Waals surface area contributed by atoms with Gasteiger partial charge in [0, 0.05) is 23.5 Å². The Morgan fingerprint density at radius 1 is 0.976 bits per heavy atom. The highest BCUT2D eigenvalue weighted by Gasteiger charge is 2.46. The van der Waals surface area contributed by atoms with E-state index in [4.69, 9.17) is 4.74 Å². The van der Waals surface area contributed by atoms with Crippen molar-refractivity contribution in [2.24, 2.45) is 5.92 Å². The first-order valence-corrected chi connectivity index (χ1v) is 13.0. The Hall–Kier alpha value is -4.80. The summed E-state index contributed by atoms with van der Waals surface area (Å²) in [5.74, 6) is -4.25. The molecule has 0 saturated carbocycles. The molecule has 1 aliphatic heterocycles. The van der Waals surface area contributed by atoms with E-state index in [0.29, 0.717) is 22.5 Å². The number of methoxy groups -OCH3 is 1. The van der Waals surface area contributed by atoms with Gasteiger partial charge in [0.2, 0.25) is 5.91 Å². The number of benzene rings is 3. The number of fused-ring (bicyclic) bond motifs is 1. The molecule has 0 bridgehead atoms. The molecule has 2 heterocycles. The summed E-state index contributed by atoms with van der Waals surface area (Å²) in [4.78, 5) is 41.4. The van der Waals surface area contributed by atoms with Gasteiger partial charge < -0.3 is 4.74 Å². The molecule has 3 aromatic carbocycles. The monoisotopic (exact) mass is 579 g/mol. The lowest BCUT2D eigenvalue weighted by atomic mass is 9.74. The fourth-order valence-corrected chi connectivity index (χ4v) is 5.36. The van der Waals surface area contributed by atoms with Crippen LogP contribution in [0.3, 0.4) is 0 Å². The number of ether oxygens (including phenoxy) is 1. The number of ketones is 1. The molecule has 0 fully saturated rings. The van der Waals surface area contributed by atoms with E-state index in [9.17, 15) is 31.9 Å². The van der Waals surface area contributed by atoms with Crippen molar-refractivity contribution in [3.8, 4) is 5.69 Å². The molecule has 0 aliphatic carbocycles. The van der Waals surface area contributed by atoms with Gasteiger partial charge in [-0.25, -0.2) is 9.07 Å². The van der Waals surface area contributed by atoms with Gasteiger partial charge in [0.15, 0.2) is 5.78 Å². The molecule has 2 atom stereocenters. The van der Waals surface area contributed by atoms with Crippen LogP contribution in [0.2, 0.25) is 0 Å². The highest BCUT2D eigenvalue weighted by Crippen LogP contribution is 2.47. The lowest BCUT2D eigenvalue weighted by Gasteiger charge is -2.38. The molecule has 0 N–H and O–H groups in total. The van der Waals surface area contributed by atoms with Crippen LogP contribution in [-0.4, -0.2) is 41.1 Å². The maximum atomic E-state index is 14.2. The van der Waals surface area contributed by atoms with Crippen LogP contribution in [0.5, 0.6) is 0 Å². The van der Waals surface area contributed by atoms with Gasteiger partial charge in [0.05, 0.1) is 30.0 Å². The summed E-state index contributed by atoms with van der Waals surface area (Å²) < 4.78 is 60.4. The van der Waals surface area contributed by atoms with Crippen LogP contribution in [0.4, 0.5) is 23.4 Å². The summed E-state index contributed by atoms with van der Waals surface area (Å²) in [5.41, 5.74) is 0.908. The molecule has 0 saturated heterocycles. The van der Waals surface area contributed by atoms with Crippen LogP contribution in [-0.2, 0) is 20.5 Å². The van der Waals surface area contributed by atoms with Crippen LogP contribution in [0, 0.1) is 18.7 Å². The number of carbonyl (C=O) groups is 3. The van der Waals surface area contributed by atoms with E-state index in [1.807, 2.05) is 0 Å². The third-order valence-corrected chi connectivity index (χ3v) is 7.30. The average Bonchev–Trinajstić information content (AvgIpc) is 3.32. The van der Waals surface area contributed by atoms with Crippen molar-refractivity contribution < 1.29 is 36.7 Å². The van der Waals surface area contributed by atoms with Crippen LogP contribution in [0.15, 0.2) is 78.9 Å². The van der Waals surface area contributed by atoms with Crippen LogP contribution >= 0.6 is 0 Å². The standard InChI is InChI=1S/C31H25F4N3O4/c1-18-27-28(19-11-13-22(32)14-12-19)24(16-25(39)20-7-6-8-21(15-20)31(33,34)35)30(41)37(17-26(40)42-2)29(27)38(36-18)23-9-4-3-5-10-23/h3-15,24,28H,16-17H2,1-2H3/t24-,28+/m0/s1. The highest BCUT2D eigenvalue weighted by molar-refractivity contribution is 6.06. The number of carbonyl (C=O) groups excluding carboxylic acids is 3. The molecule has 7 nitrogen and oxygen atoms in total. The topological polar surface area (TPSA) is 81.5 Å². The largest absolute Gasteiger partial charge is 0.468 e. The highest BCUT2D eigenvalue weighted by atomic mass is 19.4. The number of para-hydroxylation sites is 1. The number of halogens is 4. The number of amides is 1. The van der Waals surface area contributed by atoms with Crippen molar-refractivity contribution in [2.75, 3.05) is 18.6 Å². The van der Waals surface area contributed by atoms with E-state index in [-0.39, 0.29) is 11.4 Å². The van der Waals surface area contributed by atoms with Gasteiger partial charge in [0.1, 0.15) is 18.2 Å². The zero-order chi connectivity index (χ0) is 30.2. The maximum absolute atomic E-state index is 14.2.